The molecule has 2 aromatic carbocycles. The lowest BCUT2D eigenvalue weighted by Gasteiger charge is -2.10. The minimum atomic E-state index is -0.351. The predicted octanol–water partition coefficient (Wildman–Crippen LogP) is 4.52. The van der Waals surface area contributed by atoms with E-state index in [0.717, 1.165) is 28.4 Å². The first-order chi connectivity index (χ1) is 13.0. The van der Waals surface area contributed by atoms with Crippen LogP contribution in [-0.4, -0.2) is 23.8 Å². The summed E-state index contributed by atoms with van der Waals surface area (Å²) in [5.41, 5.74) is 6.78. The number of ether oxygens (including phenoxy) is 1. The zero-order valence-corrected chi connectivity index (χ0v) is 16.1. The molecule has 1 aromatic heterocycles. The van der Waals surface area contributed by atoms with Crippen molar-refractivity contribution in [3.8, 4) is 11.4 Å². The quantitative estimate of drug-likeness (QED) is 0.521. The summed E-state index contributed by atoms with van der Waals surface area (Å²) < 4.78 is 7.24. The van der Waals surface area contributed by atoms with Gasteiger partial charge in [0.15, 0.2) is 0 Å². The van der Waals surface area contributed by atoms with Gasteiger partial charge in [-0.2, -0.15) is 5.10 Å². The highest BCUT2D eigenvalue weighted by Crippen LogP contribution is 2.20. The highest BCUT2D eigenvalue weighted by atomic mass is 35.5. The number of halogens is 1. The molecule has 1 amide bonds. The lowest BCUT2D eigenvalue weighted by Crippen LogP contribution is -2.18. The first kappa shape index (κ1) is 18.7. The van der Waals surface area contributed by atoms with Crippen molar-refractivity contribution in [2.45, 2.75) is 13.8 Å². The fourth-order valence-electron chi connectivity index (χ4n) is 2.77. The Morgan fingerprint density at radius 3 is 2.52 bits per heavy atom. The van der Waals surface area contributed by atoms with Crippen molar-refractivity contribution in [1.82, 2.24) is 9.99 Å². The number of hydrogen-bond donors (Lipinski definition) is 1. The minimum absolute atomic E-state index is 0.351. The SMILES string of the molecule is COc1ccc(-n2c(C)ccc2/C=N/NC(=O)c2ccc(C)cc2Cl)cc1. The Morgan fingerprint density at radius 2 is 1.85 bits per heavy atom. The van der Waals surface area contributed by atoms with Gasteiger partial charge in [0.05, 0.1) is 29.6 Å². The van der Waals surface area contributed by atoms with Crippen LogP contribution in [0.25, 0.3) is 5.69 Å². The smallest absolute Gasteiger partial charge is 0.272 e. The van der Waals surface area contributed by atoms with Gasteiger partial charge in [-0.15, -0.1) is 0 Å². The molecule has 0 unspecified atom stereocenters. The van der Waals surface area contributed by atoms with E-state index >= 15 is 0 Å². The van der Waals surface area contributed by atoms with E-state index in [9.17, 15) is 4.79 Å². The summed E-state index contributed by atoms with van der Waals surface area (Å²) in [5.74, 6) is 0.441. The number of nitrogens with one attached hydrogen (secondary N) is 1. The molecule has 5 nitrogen and oxygen atoms in total. The van der Waals surface area contributed by atoms with Crippen LogP contribution in [0.5, 0.6) is 5.75 Å². The Labute approximate surface area is 163 Å². The Hall–Kier alpha value is -3.05. The molecule has 0 aliphatic carbocycles. The summed E-state index contributed by atoms with van der Waals surface area (Å²) in [6.07, 6.45) is 1.61. The maximum atomic E-state index is 12.3. The number of benzene rings is 2. The largest absolute Gasteiger partial charge is 0.497 e. The van der Waals surface area contributed by atoms with Crippen molar-refractivity contribution < 1.29 is 9.53 Å². The van der Waals surface area contributed by atoms with E-state index in [2.05, 4.69) is 10.5 Å². The van der Waals surface area contributed by atoms with Gasteiger partial charge in [-0.1, -0.05) is 17.7 Å². The van der Waals surface area contributed by atoms with Gasteiger partial charge in [-0.3, -0.25) is 4.79 Å². The Kier molecular flexibility index (Phi) is 5.62. The molecular weight excluding hydrogens is 362 g/mol. The third-order valence-electron chi connectivity index (χ3n) is 4.17. The van der Waals surface area contributed by atoms with Gasteiger partial charge in [-0.05, 0) is 67.9 Å². The average Bonchev–Trinajstić information content (AvgIpc) is 3.02. The third-order valence-corrected chi connectivity index (χ3v) is 4.48. The molecule has 0 aliphatic heterocycles. The summed E-state index contributed by atoms with van der Waals surface area (Å²) in [6, 6.07) is 16.9. The Balaban J connectivity index is 1.78. The number of nitrogens with zero attached hydrogens (tertiary/aromatic N) is 2. The summed E-state index contributed by atoms with van der Waals surface area (Å²) in [6.45, 7) is 3.92. The predicted molar refractivity (Wildman–Crippen MR) is 108 cm³/mol. The highest BCUT2D eigenvalue weighted by Gasteiger charge is 2.10. The van der Waals surface area contributed by atoms with Gasteiger partial charge in [0, 0.05) is 11.4 Å². The van der Waals surface area contributed by atoms with Gasteiger partial charge in [0.2, 0.25) is 0 Å². The molecule has 0 aliphatic rings. The number of hydrogen-bond acceptors (Lipinski definition) is 3. The van der Waals surface area contributed by atoms with E-state index in [4.69, 9.17) is 16.3 Å². The lowest BCUT2D eigenvalue weighted by molar-refractivity contribution is 0.0955. The van der Waals surface area contributed by atoms with Gasteiger partial charge in [0.25, 0.3) is 5.91 Å². The molecule has 0 fully saturated rings. The number of carbonyl (C=O) groups is 1. The number of carbonyl (C=O) groups excluding carboxylic acids is 1. The van der Waals surface area contributed by atoms with Crippen LogP contribution in [0.1, 0.15) is 27.3 Å². The second-order valence-electron chi connectivity index (χ2n) is 6.12. The number of aromatic nitrogens is 1. The van der Waals surface area contributed by atoms with Crippen LogP contribution in [0.15, 0.2) is 59.7 Å². The molecule has 1 heterocycles. The molecule has 6 heteroatoms. The number of amides is 1. The van der Waals surface area contributed by atoms with Crippen LogP contribution in [0, 0.1) is 13.8 Å². The number of rotatable bonds is 5. The van der Waals surface area contributed by atoms with Crippen LogP contribution in [0.4, 0.5) is 0 Å². The van der Waals surface area contributed by atoms with Crippen LogP contribution in [-0.2, 0) is 0 Å². The standard InChI is InChI=1S/C21H20ClN3O2/c1-14-4-11-19(20(22)12-14)21(26)24-23-13-17-6-5-15(2)25(17)16-7-9-18(27-3)10-8-16/h4-13H,1-3H3,(H,24,26)/b23-13+. The molecule has 0 spiro atoms. The maximum Gasteiger partial charge on any atom is 0.272 e. The van der Waals surface area contributed by atoms with E-state index in [1.807, 2.05) is 60.9 Å². The monoisotopic (exact) mass is 381 g/mol. The van der Waals surface area contributed by atoms with Crippen molar-refractivity contribution in [1.29, 1.82) is 0 Å². The van der Waals surface area contributed by atoms with Gasteiger partial charge in [0.1, 0.15) is 5.75 Å². The van der Waals surface area contributed by atoms with E-state index in [0.29, 0.717) is 10.6 Å². The van der Waals surface area contributed by atoms with E-state index in [-0.39, 0.29) is 5.91 Å². The Morgan fingerprint density at radius 1 is 1.11 bits per heavy atom. The zero-order valence-electron chi connectivity index (χ0n) is 15.4. The number of aryl methyl sites for hydroxylation is 2. The fraction of sp³-hybridized carbons (Fsp3) is 0.143. The normalized spacial score (nSPS) is 11.0. The summed E-state index contributed by atoms with van der Waals surface area (Å²) in [4.78, 5) is 12.3. The summed E-state index contributed by atoms with van der Waals surface area (Å²) >= 11 is 6.13. The van der Waals surface area contributed by atoms with Crippen LogP contribution in [0.3, 0.4) is 0 Å². The molecule has 0 saturated carbocycles. The van der Waals surface area contributed by atoms with E-state index in [1.54, 1.807) is 25.5 Å². The molecule has 0 atom stereocenters. The van der Waals surface area contributed by atoms with Crippen molar-refractivity contribution >= 4 is 23.7 Å². The lowest BCUT2D eigenvalue weighted by atomic mass is 10.1. The molecule has 0 saturated heterocycles. The van der Waals surface area contributed by atoms with Gasteiger partial charge >= 0.3 is 0 Å². The summed E-state index contributed by atoms with van der Waals surface area (Å²) in [7, 11) is 1.64. The molecule has 0 radical (unpaired) electrons. The topological polar surface area (TPSA) is 55.6 Å². The van der Waals surface area contributed by atoms with E-state index < -0.39 is 0 Å². The average molecular weight is 382 g/mol. The second kappa shape index (κ2) is 8.10. The second-order valence-corrected chi connectivity index (χ2v) is 6.52. The molecule has 0 bridgehead atoms. The molecule has 1 N–H and O–H groups in total. The molecule has 27 heavy (non-hydrogen) atoms. The maximum absolute atomic E-state index is 12.3. The van der Waals surface area contributed by atoms with E-state index in [1.165, 1.54) is 0 Å². The van der Waals surface area contributed by atoms with Crippen molar-refractivity contribution in [3.05, 3.63) is 82.1 Å². The number of methoxy groups -OCH3 is 1. The number of hydrazone groups is 1. The van der Waals surface area contributed by atoms with Crippen LogP contribution < -0.4 is 10.2 Å². The molecule has 138 valence electrons. The molecule has 3 rings (SSSR count). The minimum Gasteiger partial charge on any atom is -0.497 e. The van der Waals surface area contributed by atoms with Crippen LogP contribution in [0.2, 0.25) is 5.02 Å². The third kappa shape index (κ3) is 4.20. The zero-order chi connectivity index (χ0) is 19.4. The first-order valence-corrected chi connectivity index (χ1v) is 8.79. The molecular formula is C21H20ClN3O2. The van der Waals surface area contributed by atoms with Crippen molar-refractivity contribution in [3.63, 3.8) is 0 Å². The summed E-state index contributed by atoms with van der Waals surface area (Å²) in [5, 5.41) is 4.49. The molecule has 3 aromatic rings. The van der Waals surface area contributed by atoms with Crippen molar-refractivity contribution in [2.24, 2.45) is 5.10 Å². The Bertz CT molecular complexity index is 991. The van der Waals surface area contributed by atoms with Crippen molar-refractivity contribution in [2.75, 3.05) is 7.11 Å². The highest BCUT2D eigenvalue weighted by molar-refractivity contribution is 6.33. The fourth-order valence-corrected chi connectivity index (χ4v) is 3.09. The first-order valence-electron chi connectivity index (χ1n) is 8.42. The van der Waals surface area contributed by atoms with Crippen LogP contribution >= 0.6 is 11.6 Å². The van der Waals surface area contributed by atoms with Gasteiger partial charge in [-0.25, -0.2) is 5.43 Å². The van der Waals surface area contributed by atoms with Gasteiger partial charge < -0.3 is 9.30 Å².